The highest BCUT2D eigenvalue weighted by molar-refractivity contribution is 5.90. The number of unbranched alkanes of at least 4 members (excludes halogenated alkanes) is 6. The van der Waals surface area contributed by atoms with Crippen LogP contribution in [-0.4, -0.2) is 76.2 Å². The monoisotopic (exact) mass is 634 g/mol. The van der Waals surface area contributed by atoms with E-state index in [-0.39, 0.29) is 12.1 Å². The van der Waals surface area contributed by atoms with Crippen molar-refractivity contribution in [2.24, 2.45) is 11.8 Å². The lowest BCUT2D eigenvalue weighted by molar-refractivity contribution is 0.159. The number of carbonyl (C=O) groups excluding carboxylic acids is 2. The van der Waals surface area contributed by atoms with E-state index in [9.17, 15) is 9.59 Å². The molecule has 1 aliphatic carbocycles. The Morgan fingerprint density at radius 2 is 0.913 bits per heavy atom. The van der Waals surface area contributed by atoms with Crippen LogP contribution in [0, 0.1) is 11.8 Å². The van der Waals surface area contributed by atoms with Crippen molar-refractivity contribution in [2.45, 2.75) is 90.9 Å². The number of nitrogens with zero attached hydrogens (tertiary/aromatic N) is 4. The molecule has 0 aromatic heterocycles. The molecule has 256 valence electrons. The molecule has 0 aliphatic heterocycles. The predicted molar refractivity (Wildman–Crippen MR) is 196 cm³/mol. The van der Waals surface area contributed by atoms with Crippen molar-refractivity contribution < 1.29 is 9.59 Å². The van der Waals surface area contributed by atoms with Gasteiger partial charge >= 0.3 is 12.1 Å². The van der Waals surface area contributed by atoms with E-state index in [0.717, 1.165) is 100 Å². The molecular formula is C38H62N6O2. The molecular weight excluding hydrogens is 572 g/mol. The number of urea groups is 2. The summed E-state index contributed by atoms with van der Waals surface area (Å²) in [5, 5.41) is 6.32. The van der Waals surface area contributed by atoms with Gasteiger partial charge in [0.25, 0.3) is 0 Å². The zero-order valence-electron chi connectivity index (χ0n) is 29.7. The first-order valence-corrected chi connectivity index (χ1v) is 17.9. The Bertz CT molecular complexity index is 1050. The van der Waals surface area contributed by atoms with E-state index < -0.39 is 0 Å². The summed E-state index contributed by atoms with van der Waals surface area (Å²) >= 11 is 0. The van der Waals surface area contributed by atoms with Crippen molar-refractivity contribution >= 4 is 34.8 Å². The summed E-state index contributed by atoms with van der Waals surface area (Å²) in [5.41, 5.74) is 3.90. The Morgan fingerprint density at radius 3 is 1.22 bits per heavy atom. The van der Waals surface area contributed by atoms with Gasteiger partial charge in [0.05, 0.1) is 0 Å². The summed E-state index contributed by atoms with van der Waals surface area (Å²) in [6.07, 6.45) is 13.5. The van der Waals surface area contributed by atoms with Crippen LogP contribution < -0.4 is 20.4 Å². The summed E-state index contributed by atoms with van der Waals surface area (Å²) in [4.78, 5) is 35.1. The average molecular weight is 635 g/mol. The average Bonchev–Trinajstić information content (AvgIpc) is 3.05. The van der Waals surface area contributed by atoms with Crippen LogP contribution in [0.1, 0.15) is 90.9 Å². The second-order valence-electron chi connectivity index (χ2n) is 13.6. The van der Waals surface area contributed by atoms with Gasteiger partial charge in [-0.1, -0.05) is 52.4 Å². The molecule has 4 amide bonds. The van der Waals surface area contributed by atoms with Crippen LogP contribution in [0.15, 0.2) is 48.5 Å². The quantitative estimate of drug-likeness (QED) is 0.160. The number of carbonyl (C=O) groups is 2. The fourth-order valence-corrected chi connectivity index (χ4v) is 6.32. The van der Waals surface area contributed by atoms with E-state index in [2.05, 4.69) is 44.1 Å². The smallest absolute Gasteiger partial charge is 0.321 e. The van der Waals surface area contributed by atoms with E-state index in [0.29, 0.717) is 11.8 Å². The maximum absolute atomic E-state index is 13.5. The molecule has 2 N–H and O–H groups in total. The SMILES string of the molecule is CCCCCCN(CC1CCC(CN(CCCCCC)C(=O)Nc2ccc(N(C)C)cc2)CC1)C(=O)Nc1ccc(N(C)C)cc1. The number of hydrogen-bond donors (Lipinski definition) is 2. The van der Waals surface area contributed by atoms with E-state index >= 15 is 0 Å². The van der Waals surface area contributed by atoms with Gasteiger partial charge < -0.3 is 30.2 Å². The number of nitrogens with one attached hydrogen (secondary N) is 2. The fraction of sp³-hybridized carbons (Fsp3) is 0.632. The summed E-state index contributed by atoms with van der Waals surface area (Å²) in [7, 11) is 8.08. The van der Waals surface area contributed by atoms with Crippen molar-refractivity contribution in [3.8, 4) is 0 Å². The Labute approximate surface area is 279 Å². The third kappa shape index (κ3) is 12.8. The normalized spacial score (nSPS) is 16.0. The van der Waals surface area contributed by atoms with E-state index in [1.54, 1.807) is 0 Å². The molecule has 0 unspecified atom stereocenters. The van der Waals surface area contributed by atoms with Gasteiger partial charge in [0.15, 0.2) is 0 Å². The maximum Gasteiger partial charge on any atom is 0.321 e. The Morgan fingerprint density at radius 1 is 0.565 bits per heavy atom. The molecule has 8 heteroatoms. The predicted octanol–water partition coefficient (Wildman–Crippen LogP) is 9.15. The van der Waals surface area contributed by atoms with Crippen LogP contribution in [0.4, 0.5) is 32.3 Å². The molecule has 46 heavy (non-hydrogen) atoms. The van der Waals surface area contributed by atoms with Gasteiger partial charge in [-0.05, 0) is 98.9 Å². The first-order valence-electron chi connectivity index (χ1n) is 17.9. The fourth-order valence-electron chi connectivity index (χ4n) is 6.32. The van der Waals surface area contributed by atoms with E-state index in [4.69, 9.17) is 0 Å². The first-order chi connectivity index (χ1) is 22.2. The maximum atomic E-state index is 13.5. The summed E-state index contributed by atoms with van der Waals surface area (Å²) < 4.78 is 0. The Balaban J connectivity index is 1.56. The van der Waals surface area contributed by atoms with Crippen molar-refractivity contribution in [1.82, 2.24) is 9.80 Å². The molecule has 0 radical (unpaired) electrons. The molecule has 2 aromatic carbocycles. The van der Waals surface area contributed by atoms with Gasteiger partial charge in [-0.2, -0.15) is 0 Å². The van der Waals surface area contributed by atoms with E-state index in [1.165, 1.54) is 25.7 Å². The molecule has 0 bridgehead atoms. The van der Waals surface area contributed by atoms with Crippen LogP contribution in [0.2, 0.25) is 0 Å². The highest BCUT2D eigenvalue weighted by Gasteiger charge is 2.27. The number of rotatable bonds is 18. The molecule has 1 saturated carbocycles. The lowest BCUT2D eigenvalue weighted by Crippen LogP contribution is -2.42. The lowest BCUT2D eigenvalue weighted by atomic mass is 9.81. The highest BCUT2D eigenvalue weighted by Crippen LogP contribution is 2.31. The van der Waals surface area contributed by atoms with Gasteiger partial charge in [0.2, 0.25) is 0 Å². The van der Waals surface area contributed by atoms with Gasteiger partial charge in [0, 0.05) is 77.1 Å². The van der Waals surface area contributed by atoms with Gasteiger partial charge in [-0.25, -0.2) is 9.59 Å². The van der Waals surface area contributed by atoms with E-state index in [1.807, 2.05) is 76.7 Å². The third-order valence-electron chi connectivity index (χ3n) is 9.33. The minimum absolute atomic E-state index is 0.00441. The standard InChI is InChI=1S/C38H62N6O2/c1-7-9-11-13-27-43(37(45)39-33-19-23-35(24-20-33)41(3)4)29-31-15-17-32(18-16-31)30-44(28-14-12-10-8-2)38(46)40-34-21-25-36(26-22-34)42(5)6/h19-26,31-32H,7-18,27-30H2,1-6H3,(H,39,45)(H,40,46). The molecule has 1 aliphatic rings. The molecule has 3 rings (SSSR count). The van der Waals surface area contributed by atoms with Crippen LogP contribution >= 0.6 is 0 Å². The van der Waals surface area contributed by atoms with Crippen molar-refractivity contribution in [3.05, 3.63) is 48.5 Å². The topological polar surface area (TPSA) is 71.2 Å². The summed E-state index contributed by atoms with van der Waals surface area (Å²) in [6.45, 7) is 7.62. The third-order valence-corrected chi connectivity index (χ3v) is 9.33. The van der Waals surface area contributed by atoms with Crippen molar-refractivity contribution in [1.29, 1.82) is 0 Å². The molecule has 0 spiro atoms. The Kier molecular flexibility index (Phi) is 16.1. The van der Waals surface area contributed by atoms with Gasteiger partial charge in [0.1, 0.15) is 0 Å². The minimum atomic E-state index is 0.00441. The second-order valence-corrected chi connectivity index (χ2v) is 13.6. The van der Waals surface area contributed by atoms with Crippen molar-refractivity contribution in [3.63, 3.8) is 0 Å². The molecule has 0 atom stereocenters. The van der Waals surface area contributed by atoms with Gasteiger partial charge in [-0.3, -0.25) is 0 Å². The van der Waals surface area contributed by atoms with Gasteiger partial charge in [-0.15, -0.1) is 0 Å². The summed E-state index contributed by atoms with van der Waals surface area (Å²) in [5.74, 6) is 0.984. The van der Waals surface area contributed by atoms with Crippen LogP contribution in [-0.2, 0) is 0 Å². The highest BCUT2D eigenvalue weighted by atomic mass is 16.2. The largest absolute Gasteiger partial charge is 0.378 e. The minimum Gasteiger partial charge on any atom is -0.378 e. The molecule has 8 nitrogen and oxygen atoms in total. The number of amides is 4. The van der Waals surface area contributed by atoms with Crippen molar-refractivity contribution in [2.75, 3.05) is 74.8 Å². The zero-order valence-corrected chi connectivity index (χ0v) is 29.7. The molecule has 0 heterocycles. The molecule has 1 fully saturated rings. The number of hydrogen-bond acceptors (Lipinski definition) is 4. The van der Waals surface area contributed by atoms with Crippen LogP contribution in [0.3, 0.4) is 0 Å². The van der Waals surface area contributed by atoms with Crippen LogP contribution in [0.5, 0.6) is 0 Å². The second kappa shape index (κ2) is 20.0. The lowest BCUT2D eigenvalue weighted by Gasteiger charge is -2.35. The molecule has 0 saturated heterocycles. The summed E-state index contributed by atoms with van der Waals surface area (Å²) in [6, 6.07) is 16.1. The Hall–Kier alpha value is -3.42. The first kappa shape index (κ1) is 37.0. The number of anilines is 4. The van der Waals surface area contributed by atoms with Crippen LogP contribution in [0.25, 0.3) is 0 Å². The number of benzene rings is 2. The molecule has 2 aromatic rings. The zero-order chi connectivity index (χ0) is 33.3.